The predicted molar refractivity (Wildman–Crippen MR) is 221 cm³/mol. The van der Waals surface area contributed by atoms with Gasteiger partial charge in [0.25, 0.3) is 0 Å². The van der Waals surface area contributed by atoms with E-state index in [0.717, 1.165) is 47.3 Å². The highest BCUT2D eigenvalue weighted by atomic mass is 14.3. The van der Waals surface area contributed by atoms with Crippen LogP contribution in [0.3, 0.4) is 0 Å². The number of unbranched alkanes of at least 4 members (excludes halogenated alkanes) is 10. The number of hydrogen-bond donors (Lipinski definition) is 0. The quantitative estimate of drug-likeness (QED) is 0.107. The molecule has 0 atom stereocenters. The number of hydrogen-bond acceptors (Lipinski definition) is 0. The molecule has 0 spiro atoms. The minimum Gasteiger partial charge on any atom is -0.0654 e. The van der Waals surface area contributed by atoms with Gasteiger partial charge in [0.05, 0.1) is 0 Å². The maximum absolute atomic E-state index is 2.68. The molecule has 0 saturated heterocycles. The normalized spacial score (nSPS) is 30.8. The highest BCUT2D eigenvalue weighted by molar-refractivity contribution is 5.29. The van der Waals surface area contributed by atoms with Crippen LogP contribution in [0, 0.1) is 35.5 Å². The van der Waals surface area contributed by atoms with E-state index in [-0.39, 0.29) is 0 Å². The van der Waals surface area contributed by atoms with E-state index in [0.29, 0.717) is 0 Å². The van der Waals surface area contributed by atoms with Crippen molar-refractivity contribution in [1.29, 1.82) is 0 Å². The fourth-order valence-electron chi connectivity index (χ4n) is 11.6. The fourth-order valence-corrected chi connectivity index (χ4v) is 11.6. The summed E-state index contributed by atoms with van der Waals surface area (Å²) in [7, 11) is 0. The first-order valence-electron chi connectivity index (χ1n) is 23.8. The predicted octanol–water partition coefficient (Wildman–Crippen LogP) is 16.9. The Morgan fingerprint density at radius 1 is 0.340 bits per heavy atom. The average Bonchev–Trinajstić information content (AvgIpc) is 3.17. The van der Waals surface area contributed by atoms with Crippen LogP contribution in [0.2, 0.25) is 0 Å². The maximum Gasteiger partial charge on any atom is -0.0162 e. The highest BCUT2D eigenvalue weighted by Crippen LogP contribution is 2.43. The van der Waals surface area contributed by atoms with E-state index in [2.05, 4.69) is 38.1 Å². The molecule has 4 aliphatic carbocycles. The van der Waals surface area contributed by atoms with Crippen LogP contribution < -0.4 is 0 Å². The van der Waals surface area contributed by atoms with Gasteiger partial charge in [0, 0.05) is 0 Å². The van der Waals surface area contributed by atoms with Crippen LogP contribution in [-0.4, -0.2) is 0 Å². The molecule has 0 aromatic heterocycles. The van der Waals surface area contributed by atoms with E-state index >= 15 is 0 Å². The molecule has 1 aromatic rings. The minimum absolute atomic E-state index is 0.834. The highest BCUT2D eigenvalue weighted by Gasteiger charge is 2.28. The average molecular weight is 687 g/mol. The molecule has 0 nitrogen and oxygen atoms in total. The Hall–Kier alpha value is -0.780. The minimum atomic E-state index is 0.834. The smallest absolute Gasteiger partial charge is 0.0162 e. The van der Waals surface area contributed by atoms with Gasteiger partial charge < -0.3 is 0 Å². The first-order valence-corrected chi connectivity index (χ1v) is 23.8. The molecule has 5 rings (SSSR count). The molecule has 1 aromatic carbocycles. The molecular weight excluding hydrogens is 601 g/mol. The van der Waals surface area contributed by atoms with Crippen molar-refractivity contribution in [2.75, 3.05) is 0 Å². The Morgan fingerprint density at radius 2 is 0.620 bits per heavy atom. The molecule has 0 unspecified atom stereocenters. The summed E-state index contributed by atoms with van der Waals surface area (Å²) in [4.78, 5) is 0. The summed E-state index contributed by atoms with van der Waals surface area (Å²) in [5, 5.41) is 0. The van der Waals surface area contributed by atoms with Gasteiger partial charge in [0.2, 0.25) is 0 Å². The van der Waals surface area contributed by atoms with Crippen molar-refractivity contribution in [3.8, 4) is 0 Å². The van der Waals surface area contributed by atoms with Crippen molar-refractivity contribution in [3.63, 3.8) is 0 Å². The fraction of sp³-hybridized carbons (Fsp3) is 0.880. The zero-order valence-corrected chi connectivity index (χ0v) is 34.0. The number of benzene rings is 1. The van der Waals surface area contributed by atoms with Crippen molar-refractivity contribution in [2.45, 2.75) is 244 Å². The first kappa shape index (κ1) is 40.4. The zero-order chi connectivity index (χ0) is 34.6. The van der Waals surface area contributed by atoms with Gasteiger partial charge in [-0.25, -0.2) is 0 Å². The van der Waals surface area contributed by atoms with E-state index in [9.17, 15) is 0 Å². The summed E-state index contributed by atoms with van der Waals surface area (Å²) >= 11 is 0. The summed E-state index contributed by atoms with van der Waals surface area (Å²) in [6.45, 7) is 4.66. The van der Waals surface area contributed by atoms with E-state index in [1.807, 2.05) is 0 Å². The van der Waals surface area contributed by atoms with Crippen molar-refractivity contribution in [3.05, 3.63) is 35.4 Å². The molecule has 0 bridgehead atoms. The van der Waals surface area contributed by atoms with Crippen LogP contribution in [0.25, 0.3) is 0 Å². The molecule has 0 radical (unpaired) electrons. The summed E-state index contributed by atoms with van der Waals surface area (Å²) in [5.74, 6) is 7.95. The van der Waals surface area contributed by atoms with Crippen molar-refractivity contribution in [1.82, 2.24) is 0 Å². The summed E-state index contributed by atoms with van der Waals surface area (Å²) in [6.07, 6.45) is 50.9. The van der Waals surface area contributed by atoms with Crippen LogP contribution in [0.15, 0.2) is 24.3 Å². The van der Waals surface area contributed by atoms with Crippen LogP contribution in [0.5, 0.6) is 0 Å². The second-order valence-electron chi connectivity index (χ2n) is 19.1. The Kier molecular flexibility index (Phi) is 19.2. The second-order valence-corrected chi connectivity index (χ2v) is 19.1. The van der Waals surface area contributed by atoms with E-state index in [1.54, 1.807) is 62.5 Å². The monoisotopic (exact) mass is 687 g/mol. The third-order valence-electron chi connectivity index (χ3n) is 15.4. The Morgan fingerprint density at radius 3 is 0.960 bits per heavy atom. The molecule has 4 aliphatic rings. The van der Waals surface area contributed by atoms with Crippen molar-refractivity contribution >= 4 is 0 Å². The summed E-state index contributed by atoms with van der Waals surface area (Å²) < 4.78 is 0. The SMILES string of the molecule is CCCCCCCCC1CCC(CCC2CCC(c3cccc(C4CCC(CCC5CCC(CCCCCCCC)CC5)CC4)c3)CC2)CC1. The van der Waals surface area contributed by atoms with Crippen molar-refractivity contribution in [2.24, 2.45) is 35.5 Å². The molecule has 4 saturated carbocycles. The van der Waals surface area contributed by atoms with Gasteiger partial charge in [-0.2, -0.15) is 0 Å². The van der Waals surface area contributed by atoms with E-state index in [4.69, 9.17) is 0 Å². The third-order valence-corrected chi connectivity index (χ3v) is 15.4. The molecule has 286 valence electrons. The lowest BCUT2D eigenvalue weighted by Gasteiger charge is -2.33. The Labute approximate surface area is 313 Å². The van der Waals surface area contributed by atoms with Gasteiger partial charge in [0.15, 0.2) is 0 Å². The zero-order valence-electron chi connectivity index (χ0n) is 34.0. The molecule has 0 amide bonds. The molecule has 50 heavy (non-hydrogen) atoms. The van der Waals surface area contributed by atoms with Crippen LogP contribution in [-0.2, 0) is 0 Å². The second kappa shape index (κ2) is 23.8. The molecule has 0 aliphatic heterocycles. The molecular formula is C50H86. The van der Waals surface area contributed by atoms with E-state index in [1.165, 1.54) is 167 Å². The lowest BCUT2D eigenvalue weighted by molar-refractivity contribution is 0.221. The standard InChI is InChI=1S/C50H86/c1-3-5-7-9-11-13-16-41-20-24-43(25-21-41)28-30-45-32-36-47(37-33-45)49-18-15-19-50(40-49)48-38-34-46(35-39-48)31-29-44-26-22-42(23-27-44)17-14-12-10-8-6-4-2/h15,18-19,40-48H,3-14,16-17,20-39H2,1-2H3. The summed E-state index contributed by atoms with van der Waals surface area (Å²) in [5.41, 5.74) is 3.39. The first-order chi connectivity index (χ1) is 24.7. The van der Waals surface area contributed by atoms with Crippen LogP contribution >= 0.6 is 0 Å². The summed E-state index contributed by atoms with van der Waals surface area (Å²) in [6, 6.07) is 10.1. The largest absolute Gasteiger partial charge is 0.0654 e. The topological polar surface area (TPSA) is 0 Å². The van der Waals surface area contributed by atoms with Gasteiger partial charge in [-0.3, -0.25) is 0 Å². The van der Waals surface area contributed by atoms with Gasteiger partial charge in [-0.1, -0.05) is 205 Å². The molecule has 4 fully saturated rings. The number of rotatable bonds is 22. The van der Waals surface area contributed by atoms with Crippen molar-refractivity contribution < 1.29 is 0 Å². The lowest BCUT2D eigenvalue weighted by Crippen LogP contribution is -2.18. The maximum atomic E-state index is 2.68. The Balaban J connectivity index is 0.903. The third kappa shape index (κ3) is 14.6. The van der Waals surface area contributed by atoms with E-state index < -0.39 is 0 Å². The van der Waals surface area contributed by atoms with Gasteiger partial charge in [0.1, 0.15) is 0 Å². The Bertz CT molecular complexity index is 884. The van der Waals surface area contributed by atoms with Crippen LogP contribution in [0.4, 0.5) is 0 Å². The molecule has 0 heterocycles. The van der Waals surface area contributed by atoms with Gasteiger partial charge >= 0.3 is 0 Å². The van der Waals surface area contributed by atoms with Crippen LogP contribution in [0.1, 0.15) is 255 Å². The molecule has 0 heteroatoms. The van der Waals surface area contributed by atoms with Gasteiger partial charge in [-0.05, 0) is 110 Å². The lowest BCUT2D eigenvalue weighted by atomic mass is 9.72. The van der Waals surface area contributed by atoms with Gasteiger partial charge in [-0.15, -0.1) is 0 Å². The molecule has 0 N–H and O–H groups in total.